The molecule has 0 spiro atoms. The van der Waals surface area contributed by atoms with Gasteiger partial charge in [0.25, 0.3) is 0 Å². The van der Waals surface area contributed by atoms with Gasteiger partial charge in [0.1, 0.15) is 5.78 Å². The molecular weight excluding hydrogens is 208 g/mol. The fourth-order valence-electron chi connectivity index (χ4n) is 1.99. The first-order valence-corrected chi connectivity index (χ1v) is 7.64. The lowest BCUT2D eigenvalue weighted by atomic mass is 10.0. The molecule has 0 aromatic heterocycles. The summed E-state index contributed by atoms with van der Waals surface area (Å²) in [6, 6.07) is 0. The normalized spacial score (nSPS) is 10.7. The van der Waals surface area contributed by atoms with Crippen LogP contribution in [-0.2, 0) is 4.79 Å². The number of ketones is 1. The van der Waals surface area contributed by atoms with Crippen LogP contribution >= 0.6 is 0 Å². The number of Topliss-reactive ketones (excluding diaryl/α,β-unsaturated/α-hetero) is 1. The van der Waals surface area contributed by atoms with E-state index in [0.717, 1.165) is 25.7 Å². The Labute approximate surface area is 108 Å². The highest BCUT2D eigenvalue weighted by Gasteiger charge is 2.01. The quantitative estimate of drug-likeness (QED) is 0.389. The van der Waals surface area contributed by atoms with E-state index in [9.17, 15) is 4.79 Å². The molecule has 1 heteroatoms. The number of hydrogen-bond acceptors (Lipinski definition) is 1. The molecule has 0 rings (SSSR count). The van der Waals surface area contributed by atoms with Crippen molar-refractivity contribution in [3.63, 3.8) is 0 Å². The Hall–Kier alpha value is -0.330. The van der Waals surface area contributed by atoms with Gasteiger partial charge < -0.3 is 0 Å². The Morgan fingerprint density at radius 3 is 1.82 bits per heavy atom. The second-order valence-corrected chi connectivity index (χ2v) is 5.03. The minimum absolute atomic E-state index is 0.476. The summed E-state index contributed by atoms with van der Waals surface area (Å²) in [4.78, 5) is 11.5. The molecule has 0 bridgehead atoms. The van der Waals surface area contributed by atoms with Gasteiger partial charge in [-0.25, -0.2) is 0 Å². The first-order chi connectivity index (χ1) is 8.31. The highest BCUT2D eigenvalue weighted by molar-refractivity contribution is 5.78. The van der Waals surface area contributed by atoms with Crippen molar-refractivity contribution >= 4 is 5.78 Å². The second-order valence-electron chi connectivity index (χ2n) is 5.03. The standard InChI is InChI=1S/C16H31O/c1-3-5-7-8-9-10-11-13-15-16(17)14-12-6-4-2/h9H,3-8,10-15H2,1-2H3. The van der Waals surface area contributed by atoms with Crippen LogP contribution in [0.2, 0.25) is 0 Å². The Morgan fingerprint density at radius 1 is 0.765 bits per heavy atom. The van der Waals surface area contributed by atoms with Crippen molar-refractivity contribution in [2.45, 2.75) is 90.9 Å². The molecule has 0 aliphatic carbocycles. The van der Waals surface area contributed by atoms with Crippen molar-refractivity contribution in [2.24, 2.45) is 0 Å². The maximum Gasteiger partial charge on any atom is 0.132 e. The summed E-state index contributed by atoms with van der Waals surface area (Å²) in [5, 5.41) is 0. The van der Waals surface area contributed by atoms with E-state index in [4.69, 9.17) is 0 Å². The number of unbranched alkanes of at least 4 members (excludes halogenated alkanes) is 9. The summed E-state index contributed by atoms with van der Waals surface area (Å²) in [6.07, 6.45) is 16.3. The predicted octanol–water partition coefficient (Wildman–Crippen LogP) is 5.48. The highest BCUT2D eigenvalue weighted by Crippen LogP contribution is 2.10. The van der Waals surface area contributed by atoms with E-state index in [-0.39, 0.29) is 0 Å². The number of hydrogen-bond donors (Lipinski definition) is 0. The summed E-state index contributed by atoms with van der Waals surface area (Å²) < 4.78 is 0. The topological polar surface area (TPSA) is 17.1 Å². The lowest BCUT2D eigenvalue weighted by molar-refractivity contribution is -0.119. The maximum atomic E-state index is 11.5. The zero-order valence-electron chi connectivity index (χ0n) is 12.0. The molecule has 1 nitrogen and oxygen atoms in total. The van der Waals surface area contributed by atoms with Gasteiger partial charge in [-0.1, -0.05) is 65.2 Å². The molecule has 101 valence electrons. The molecule has 0 amide bonds. The average molecular weight is 239 g/mol. The van der Waals surface area contributed by atoms with Gasteiger partial charge in [0.2, 0.25) is 0 Å². The first-order valence-electron chi connectivity index (χ1n) is 7.64. The van der Waals surface area contributed by atoms with Crippen LogP contribution in [0.3, 0.4) is 0 Å². The largest absolute Gasteiger partial charge is 0.300 e. The van der Waals surface area contributed by atoms with Gasteiger partial charge in [0.15, 0.2) is 0 Å². The Bertz CT molecular complexity index is 163. The zero-order chi connectivity index (χ0) is 12.8. The van der Waals surface area contributed by atoms with Crippen LogP contribution in [0, 0.1) is 6.42 Å². The van der Waals surface area contributed by atoms with Crippen LogP contribution < -0.4 is 0 Å². The molecule has 0 aromatic carbocycles. The lowest BCUT2D eigenvalue weighted by Crippen LogP contribution is -1.97. The third-order valence-electron chi connectivity index (χ3n) is 3.18. The highest BCUT2D eigenvalue weighted by atomic mass is 16.1. The second kappa shape index (κ2) is 13.7. The van der Waals surface area contributed by atoms with Gasteiger partial charge >= 0.3 is 0 Å². The van der Waals surface area contributed by atoms with Crippen LogP contribution in [0.15, 0.2) is 0 Å². The molecule has 0 unspecified atom stereocenters. The van der Waals surface area contributed by atoms with E-state index < -0.39 is 0 Å². The van der Waals surface area contributed by atoms with Crippen LogP contribution in [0.5, 0.6) is 0 Å². The minimum atomic E-state index is 0.476. The molecule has 0 aliphatic heterocycles. The van der Waals surface area contributed by atoms with Gasteiger partial charge in [0.05, 0.1) is 0 Å². The van der Waals surface area contributed by atoms with Gasteiger partial charge in [-0.15, -0.1) is 0 Å². The van der Waals surface area contributed by atoms with Gasteiger partial charge in [-0.2, -0.15) is 0 Å². The number of rotatable bonds is 13. The Kier molecular flexibility index (Phi) is 13.5. The number of carbonyl (C=O) groups is 1. The Balaban J connectivity index is 3.08. The summed E-state index contributed by atoms with van der Waals surface area (Å²) in [7, 11) is 0. The van der Waals surface area contributed by atoms with Crippen molar-refractivity contribution in [2.75, 3.05) is 0 Å². The van der Waals surface area contributed by atoms with Crippen LogP contribution in [0.4, 0.5) is 0 Å². The van der Waals surface area contributed by atoms with Crippen molar-refractivity contribution < 1.29 is 4.79 Å². The van der Waals surface area contributed by atoms with E-state index >= 15 is 0 Å². The zero-order valence-corrected chi connectivity index (χ0v) is 12.0. The first kappa shape index (κ1) is 16.7. The van der Waals surface area contributed by atoms with Crippen LogP contribution in [0.1, 0.15) is 90.9 Å². The molecule has 0 aliphatic rings. The van der Waals surface area contributed by atoms with E-state index in [2.05, 4.69) is 20.3 Å². The van der Waals surface area contributed by atoms with E-state index in [0.29, 0.717) is 5.78 Å². The SMILES string of the molecule is CCCCC[CH]CCCCC(=O)CCCCC. The van der Waals surface area contributed by atoms with Crippen molar-refractivity contribution in [3.8, 4) is 0 Å². The summed E-state index contributed by atoms with van der Waals surface area (Å²) in [5.74, 6) is 0.476. The fraction of sp³-hybridized carbons (Fsp3) is 0.875. The van der Waals surface area contributed by atoms with Crippen molar-refractivity contribution in [1.29, 1.82) is 0 Å². The smallest absolute Gasteiger partial charge is 0.132 e. The maximum absolute atomic E-state index is 11.5. The van der Waals surface area contributed by atoms with E-state index in [1.54, 1.807) is 0 Å². The third kappa shape index (κ3) is 13.6. The van der Waals surface area contributed by atoms with Crippen molar-refractivity contribution in [3.05, 3.63) is 6.42 Å². The summed E-state index contributed by atoms with van der Waals surface area (Å²) in [5.41, 5.74) is 0. The molecule has 0 fully saturated rings. The van der Waals surface area contributed by atoms with Gasteiger partial charge in [-0.05, 0) is 19.3 Å². The average Bonchev–Trinajstić information content (AvgIpc) is 2.33. The van der Waals surface area contributed by atoms with E-state index in [1.165, 1.54) is 51.4 Å². The molecule has 17 heavy (non-hydrogen) atoms. The molecular formula is C16H31O. The third-order valence-corrected chi connectivity index (χ3v) is 3.18. The number of carbonyl (C=O) groups excluding carboxylic acids is 1. The molecule has 0 heterocycles. The van der Waals surface area contributed by atoms with Gasteiger partial charge in [0, 0.05) is 12.8 Å². The fourth-order valence-corrected chi connectivity index (χ4v) is 1.99. The van der Waals surface area contributed by atoms with Crippen LogP contribution in [0.25, 0.3) is 0 Å². The molecule has 0 saturated heterocycles. The molecule has 0 N–H and O–H groups in total. The summed E-state index contributed by atoms with van der Waals surface area (Å²) >= 11 is 0. The monoisotopic (exact) mass is 239 g/mol. The lowest BCUT2D eigenvalue weighted by Gasteiger charge is -2.01. The van der Waals surface area contributed by atoms with Crippen molar-refractivity contribution in [1.82, 2.24) is 0 Å². The van der Waals surface area contributed by atoms with E-state index in [1.807, 2.05) is 0 Å². The Morgan fingerprint density at radius 2 is 1.24 bits per heavy atom. The summed E-state index contributed by atoms with van der Waals surface area (Å²) in [6.45, 7) is 4.42. The minimum Gasteiger partial charge on any atom is -0.300 e. The molecule has 0 atom stereocenters. The molecule has 1 radical (unpaired) electrons. The molecule has 0 saturated carbocycles. The van der Waals surface area contributed by atoms with Gasteiger partial charge in [-0.3, -0.25) is 4.79 Å². The van der Waals surface area contributed by atoms with Crippen LogP contribution in [-0.4, -0.2) is 5.78 Å². The molecule has 0 aromatic rings. The predicted molar refractivity (Wildman–Crippen MR) is 76.1 cm³/mol.